The summed E-state index contributed by atoms with van der Waals surface area (Å²) < 4.78 is 0. The van der Waals surface area contributed by atoms with Crippen molar-refractivity contribution in [3.8, 4) is 11.5 Å². The molecule has 0 saturated carbocycles. The highest BCUT2D eigenvalue weighted by atomic mass is 16.6. The highest BCUT2D eigenvalue weighted by Gasteiger charge is 2.18. The van der Waals surface area contributed by atoms with Crippen LogP contribution >= 0.6 is 0 Å². The molecule has 0 saturated heterocycles. The second-order valence-corrected chi connectivity index (χ2v) is 2.41. The molecule has 0 atom stereocenters. The minimum Gasteiger partial charge on any atom is -0.504 e. The van der Waals surface area contributed by atoms with Crippen LogP contribution in [-0.2, 0) is 0 Å². The lowest BCUT2D eigenvalue weighted by Crippen LogP contribution is -1.91. The van der Waals surface area contributed by atoms with Gasteiger partial charge >= 0.3 is 5.69 Å². The van der Waals surface area contributed by atoms with Crippen LogP contribution in [0.15, 0.2) is 17.3 Å². The molecular formula is C7H6N2O5. The van der Waals surface area contributed by atoms with Gasteiger partial charge in [0.15, 0.2) is 5.75 Å². The molecule has 74 valence electrons. The zero-order valence-corrected chi connectivity index (χ0v) is 6.78. The molecule has 7 heteroatoms. The Labute approximate surface area is 77.7 Å². The molecule has 1 aromatic carbocycles. The fourth-order valence-corrected chi connectivity index (χ4v) is 0.906. The van der Waals surface area contributed by atoms with Crippen LogP contribution < -0.4 is 0 Å². The molecule has 3 N–H and O–H groups in total. The molecule has 0 aliphatic rings. The Bertz CT molecular complexity index is 401. The first-order chi connectivity index (χ1) is 6.56. The highest BCUT2D eigenvalue weighted by molar-refractivity contribution is 5.82. The van der Waals surface area contributed by atoms with E-state index in [1.165, 1.54) is 0 Å². The molecule has 0 fully saturated rings. The second-order valence-electron chi connectivity index (χ2n) is 2.41. The number of phenolic OH excluding ortho intramolecular Hbond substituents is 2. The van der Waals surface area contributed by atoms with E-state index >= 15 is 0 Å². The van der Waals surface area contributed by atoms with E-state index in [-0.39, 0.29) is 5.56 Å². The van der Waals surface area contributed by atoms with E-state index < -0.39 is 22.1 Å². The van der Waals surface area contributed by atoms with Crippen molar-refractivity contribution in [3.63, 3.8) is 0 Å². The zero-order chi connectivity index (χ0) is 10.7. The van der Waals surface area contributed by atoms with Crippen molar-refractivity contribution in [1.29, 1.82) is 0 Å². The van der Waals surface area contributed by atoms with Crippen molar-refractivity contribution in [2.24, 2.45) is 5.16 Å². The van der Waals surface area contributed by atoms with Gasteiger partial charge in [0.05, 0.1) is 11.1 Å². The maximum atomic E-state index is 10.4. The van der Waals surface area contributed by atoms with Gasteiger partial charge in [-0.2, -0.15) is 0 Å². The fourth-order valence-electron chi connectivity index (χ4n) is 0.906. The summed E-state index contributed by atoms with van der Waals surface area (Å²) >= 11 is 0. The average molecular weight is 198 g/mol. The Kier molecular flexibility index (Phi) is 2.52. The van der Waals surface area contributed by atoms with Crippen LogP contribution in [0.25, 0.3) is 0 Å². The largest absolute Gasteiger partial charge is 0.504 e. The van der Waals surface area contributed by atoms with Crippen LogP contribution in [0.4, 0.5) is 5.69 Å². The molecule has 0 amide bonds. The third-order valence-electron chi connectivity index (χ3n) is 1.50. The summed E-state index contributed by atoms with van der Waals surface area (Å²) in [6.07, 6.45) is 0.895. The van der Waals surface area contributed by atoms with E-state index in [1.807, 2.05) is 0 Å². The van der Waals surface area contributed by atoms with Crippen LogP contribution in [0.3, 0.4) is 0 Å². The van der Waals surface area contributed by atoms with Crippen LogP contribution in [-0.4, -0.2) is 26.6 Å². The Hall–Kier alpha value is -2.31. The monoisotopic (exact) mass is 198 g/mol. The number of benzene rings is 1. The minimum absolute atomic E-state index is 0.106. The molecule has 0 heterocycles. The first-order valence-electron chi connectivity index (χ1n) is 3.44. The summed E-state index contributed by atoms with van der Waals surface area (Å²) in [5.74, 6) is -1.46. The van der Waals surface area contributed by atoms with Crippen molar-refractivity contribution in [2.75, 3.05) is 0 Å². The molecule has 1 aromatic rings. The van der Waals surface area contributed by atoms with Gasteiger partial charge in [-0.25, -0.2) is 0 Å². The topological polar surface area (TPSA) is 116 Å². The lowest BCUT2D eigenvalue weighted by molar-refractivity contribution is -0.386. The summed E-state index contributed by atoms with van der Waals surface area (Å²) in [4.78, 5) is 9.50. The smallest absolute Gasteiger partial charge is 0.315 e. The maximum absolute atomic E-state index is 10.4. The lowest BCUT2D eigenvalue weighted by Gasteiger charge is -1.99. The number of phenols is 2. The summed E-state index contributed by atoms with van der Waals surface area (Å²) in [5.41, 5.74) is -0.547. The Morgan fingerprint density at radius 1 is 1.43 bits per heavy atom. The van der Waals surface area contributed by atoms with Crippen LogP contribution in [0.2, 0.25) is 0 Å². The van der Waals surface area contributed by atoms with Crippen molar-refractivity contribution in [1.82, 2.24) is 0 Å². The molecule has 0 aliphatic carbocycles. The number of nitro groups is 1. The molecule has 0 aliphatic heterocycles. The molecular weight excluding hydrogens is 192 g/mol. The van der Waals surface area contributed by atoms with Crippen LogP contribution in [0, 0.1) is 10.1 Å². The molecule has 1 rings (SSSR count). The van der Waals surface area contributed by atoms with Crippen molar-refractivity contribution < 1.29 is 20.3 Å². The Balaban J connectivity index is 3.35. The first-order valence-corrected chi connectivity index (χ1v) is 3.44. The molecule has 0 radical (unpaired) electrons. The van der Waals surface area contributed by atoms with Gasteiger partial charge in [-0.1, -0.05) is 5.16 Å². The van der Waals surface area contributed by atoms with Gasteiger partial charge in [0.25, 0.3) is 0 Å². The molecule has 7 nitrogen and oxygen atoms in total. The van der Waals surface area contributed by atoms with Crippen LogP contribution in [0.1, 0.15) is 5.56 Å². The summed E-state index contributed by atoms with van der Waals surface area (Å²) in [7, 11) is 0. The van der Waals surface area contributed by atoms with E-state index in [2.05, 4.69) is 5.16 Å². The predicted octanol–water partition coefficient (Wildman–Crippen LogP) is 0.814. The molecule has 0 unspecified atom stereocenters. The predicted molar refractivity (Wildman–Crippen MR) is 45.8 cm³/mol. The highest BCUT2D eigenvalue weighted by Crippen LogP contribution is 2.35. The SMILES string of the molecule is O=[N+]([O-])c1cc(C=NO)cc(O)c1O. The summed E-state index contributed by atoms with van der Waals surface area (Å²) in [5, 5.41) is 39.3. The molecule has 0 spiro atoms. The standard InChI is InChI=1S/C7H6N2O5/c10-6-2-4(3-8-12)1-5(7(6)11)9(13)14/h1-3,10-12H. The number of nitro benzene ring substituents is 1. The van der Waals surface area contributed by atoms with Crippen molar-refractivity contribution in [3.05, 3.63) is 27.8 Å². The quantitative estimate of drug-likeness (QED) is 0.214. The van der Waals surface area contributed by atoms with Gasteiger partial charge in [0, 0.05) is 11.6 Å². The maximum Gasteiger partial charge on any atom is 0.315 e. The Morgan fingerprint density at radius 3 is 2.57 bits per heavy atom. The number of rotatable bonds is 2. The Morgan fingerprint density at radius 2 is 2.07 bits per heavy atom. The van der Waals surface area contributed by atoms with E-state index in [0.29, 0.717) is 0 Å². The fraction of sp³-hybridized carbons (Fsp3) is 0. The van der Waals surface area contributed by atoms with E-state index in [9.17, 15) is 10.1 Å². The number of nitrogens with zero attached hydrogens (tertiary/aromatic N) is 2. The van der Waals surface area contributed by atoms with Gasteiger partial charge in [0.1, 0.15) is 0 Å². The van der Waals surface area contributed by atoms with E-state index in [0.717, 1.165) is 18.3 Å². The third kappa shape index (κ3) is 1.71. The van der Waals surface area contributed by atoms with Crippen molar-refractivity contribution in [2.45, 2.75) is 0 Å². The number of oxime groups is 1. The van der Waals surface area contributed by atoms with Gasteiger partial charge in [0.2, 0.25) is 5.75 Å². The van der Waals surface area contributed by atoms with E-state index in [1.54, 1.807) is 0 Å². The van der Waals surface area contributed by atoms with Gasteiger partial charge < -0.3 is 15.4 Å². The molecule has 14 heavy (non-hydrogen) atoms. The van der Waals surface area contributed by atoms with E-state index in [4.69, 9.17) is 15.4 Å². The minimum atomic E-state index is -0.857. The lowest BCUT2D eigenvalue weighted by atomic mass is 10.2. The first kappa shape index (κ1) is 9.78. The van der Waals surface area contributed by atoms with Gasteiger partial charge in [-0.05, 0) is 6.07 Å². The second kappa shape index (κ2) is 3.60. The number of hydrogen-bond acceptors (Lipinski definition) is 6. The summed E-state index contributed by atoms with van der Waals surface area (Å²) in [6.45, 7) is 0. The molecule has 0 aromatic heterocycles. The van der Waals surface area contributed by atoms with Crippen molar-refractivity contribution >= 4 is 11.9 Å². The number of hydrogen-bond donors (Lipinski definition) is 3. The molecule has 0 bridgehead atoms. The summed E-state index contributed by atoms with van der Waals surface area (Å²) in [6, 6.07) is 2.00. The van der Waals surface area contributed by atoms with Gasteiger partial charge in [-0.15, -0.1) is 0 Å². The number of aromatic hydroxyl groups is 2. The van der Waals surface area contributed by atoms with Gasteiger partial charge in [-0.3, -0.25) is 10.1 Å². The average Bonchev–Trinajstić information content (AvgIpc) is 2.11. The zero-order valence-electron chi connectivity index (χ0n) is 6.78. The normalized spacial score (nSPS) is 10.6. The van der Waals surface area contributed by atoms with Crippen LogP contribution in [0.5, 0.6) is 11.5 Å². The third-order valence-corrected chi connectivity index (χ3v) is 1.50.